The van der Waals surface area contributed by atoms with E-state index in [-0.39, 0.29) is 41.3 Å². The first-order chi connectivity index (χ1) is 15.3. The van der Waals surface area contributed by atoms with Crippen LogP contribution in [0.5, 0.6) is 5.75 Å². The Labute approximate surface area is 191 Å². The lowest BCUT2D eigenvalue weighted by Crippen LogP contribution is -2.50. The number of anilines is 2. The molecule has 1 aromatic carbocycles. The molecule has 170 valence electrons. The summed E-state index contributed by atoms with van der Waals surface area (Å²) in [5.74, 6) is 1.38. The number of carbonyl (C=O) groups excluding carboxylic acids is 2. The van der Waals surface area contributed by atoms with Crippen LogP contribution < -0.4 is 15.4 Å². The SMILES string of the molecule is COc1ccc(NC(=O)Nc2nc3c(s2)C[C@@]2(C)CC[C@@H]4[C@@H](OC(=O)[C@H]4C)[C@H]2[C@H]3C)cc1. The first kappa shape index (κ1) is 21.2. The van der Waals surface area contributed by atoms with Crippen molar-refractivity contribution in [1.29, 1.82) is 0 Å². The number of carbonyl (C=O) groups is 2. The van der Waals surface area contributed by atoms with Gasteiger partial charge in [-0.05, 0) is 48.9 Å². The predicted molar refractivity (Wildman–Crippen MR) is 123 cm³/mol. The number of aromatic nitrogens is 1. The average Bonchev–Trinajstić information content (AvgIpc) is 3.27. The van der Waals surface area contributed by atoms with Crippen molar-refractivity contribution >= 4 is 34.2 Å². The molecule has 6 atom stereocenters. The van der Waals surface area contributed by atoms with Crippen molar-refractivity contribution in [2.75, 3.05) is 17.7 Å². The van der Waals surface area contributed by atoms with Crippen molar-refractivity contribution in [1.82, 2.24) is 4.98 Å². The lowest BCUT2D eigenvalue weighted by Gasteiger charge is -2.51. The van der Waals surface area contributed by atoms with E-state index in [2.05, 4.69) is 24.5 Å². The summed E-state index contributed by atoms with van der Waals surface area (Å²) in [6.45, 7) is 6.52. The van der Waals surface area contributed by atoms with Gasteiger partial charge >= 0.3 is 12.0 Å². The summed E-state index contributed by atoms with van der Waals surface area (Å²) < 4.78 is 11.0. The molecule has 2 heterocycles. The maximum Gasteiger partial charge on any atom is 0.325 e. The van der Waals surface area contributed by atoms with Crippen molar-refractivity contribution < 1.29 is 19.1 Å². The van der Waals surface area contributed by atoms with Gasteiger partial charge in [-0.3, -0.25) is 10.1 Å². The van der Waals surface area contributed by atoms with Crippen LogP contribution in [0.3, 0.4) is 0 Å². The molecule has 1 aliphatic heterocycles. The summed E-state index contributed by atoms with van der Waals surface area (Å²) >= 11 is 1.55. The molecule has 0 spiro atoms. The monoisotopic (exact) mass is 455 g/mol. The minimum Gasteiger partial charge on any atom is -0.497 e. The Morgan fingerprint density at radius 2 is 1.97 bits per heavy atom. The Hall–Kier alpha value is -2.61. The van der Waals surface area contributed by atoms with Gasteiger partial charge in [-0.1, -0.05) is 20.8 Å². The zero-order valence-electron chi connectivity index (χ0n) is 18.8. The number of nitrogens with one attached hydrogen (secondary N) is 2. The van der Waals surface area contributed by atoms with Gasteiger partial charge in [0.1, 0.15) is 11.9 Å². The molecule has 2 aromatic rings. The molecule has 5 rings (SSSR count). The summed E-state index contributed by atoms with van der Waals surface area (Å²) in [5.41, 5.74) is 1.79. The second-order valence-electron chi connectivity index (χ2n) is 9.67. The van der Waals surface area contributed by atoms with Crippen LogP contribution in [0.4, 0.5) is 15.6 Å². The molecule has 0 bridgehead atoms. The minimum absolute atomic E-state index is 0.0209. The highest BCUT2D eigenvalue weighted by molar-refractivity contribution is 7.15. The topological polar surface area (TPSA) is 89.6 Å². The van der Waals surface area contributed by atoms with Crippen LogP contribution in [0, 0.1) is 23.2 Å². The van der Waals surface area contributed by atoms with Gasteiger partial charge in [0.05, 0.1) is 18.7 Å². The number of esters is 1. The lowest BCUT2D eigenvalue weighted by molar-refractivity contribution is -0.149. The largest absolute Gasteiger partial charge is 0.497 e. The smallest absolute Gasteiger partial charge is 0.325 e. The average molecular weight is 456 g/mol. The third-order valence-corrected chi connectivity index (χ3v) is 8.71. The molecule has 8 heteroatoms. The molecular weight excluding hydrogens is 426 g/mol. The quantitative estimate of drug-likeness (QED) is 0.632. The number of hydrogen-bond acceptors (Lipinski definition) is 6. The van der Waals surface area contributed by atoms with E-state index in [4.69, 9.17) is 14.5 Å². The van der Waals surface area contributed by atoms with Crippen LogP contribution in [-0.4, -0.2) is 30.2 Å². The van der Waals surface area contributed by atoms with Crippen LogP contribution in [0.2, 0.25) is 0 Å². The van der Waals surface area contributed by atoms with Crippen molar-refractivity contribution in [2.45, 2.75) is 52.1 Å². The number of methoxy groups -OCH3 is 1. The fourth-order valence-electron chi connectivity index (χ4n) is 6.07. The zero-order valence-corrected chi connectivity index (χ0v) is 19.6. The van der Waals surface area contributed by atoms with Gasteiger partial charge < -0.3 is 14.8 Å². The summed E-state index contributed by atoms with van der Waals surface area (Å²) in [6.07, 6.45) is 2.99. The molecule has 1 saturated carbocycles. The highest BCUT2D eigenvalue weighted by Gasteiger charge is 2.58. The molecule has 2 N–H and O–H groups in total. The second-order valence-corrected chi connectivity index (χ2v) is 10.8. The van der Waals surface area contributed by atoms with Crippen LogP contribution in [0.15, 0.2) is 24.3 Å². The second kappa shape index (κ2) is 7.76. The summed E-state index contributed by atoms with van der Waals surface area (Å²) in [5, 5.41) is 6.33. The highest BCUT2D eigenvalue weighted by atomic mass is 32.1. The first-order valence-electron chi connectivity index (χ1n) is 11.2. The number of urea groups is 1. The van der Waals surface area contributed by atoms with E-state index >= 15 is 0 Å². The Balaban J connectivity index is 1.34. The Morgan fingerprint density at radius 3 is 2.69 bits per heavy atom. The first-order valence-corrected chi connectivity index (χ1v) is 12.0. The maximum absolute atomic E-state index is 12.5. The van der Waals surface area contributed by atoms with Gasteiger partial charge in [0.2, 0.25) is 0 Å². The molecule has 1 aromatic heterocycles. The van der Waals surface area contributed by atoms with Crippen molar-refractivity contribution in [3.8, 4) is 5.75 Å². The fraction of sp³-hybridized carbons (Fsp3) is 0.542. The molecule has 3 aliphatic rings. The van der Waals surface area contributed by atoms with Gasteiger partial charge in [-0.15, -0.1) is 11.3 Å². The standard InChI is InChI=1S/C24H29N3O4S/c1-12-16-9-10-24(3)11-17-19(13(2)18(24)20(16)31-21(12)28)26-23(32-17)27-22(29)25-14-5-7-15(30-4)8-6-14/h5-8,12-13,16,18,20H,9-11H2,1-4H3,(H2,25,26,27,29)/t12-,13+,16-,18+,20+,24+/m0/s1. The van der Waals surface area contributed by atoms with Crippen LogP contribution in [0.1, 0.15) is 50.1 Å². The van der Waals surface area contributed by atoms with Gasteiger partial charge in [0, 0.05) is 28.3 Å². The van der Waals surface area contributed by atoms with E-state index in [1.165, 1.54) is 4.88 Å². The Morgan fingerprint density at radius 1 is 1.22 bits per heavy atom. The number of hydrogen-bond donors (Lipinski definition) is 2. The van der Waals surface area contributed by atoms with Gasteiger partial charge in [0.15, 0.2) is 5.13 Å². The molecular formula is C24H29N3O4S. The number of amides is 2. The molecule has 7 nitrogen and oxygen atoms in total. The van der Waals surface area contributed by atoms with E-state index < -0.39 is 0 Å². The Kier molecular flexibility index (Phi) is 5.15. The number of benzene rings is 1. The third-order valence-electron chi connectivity index (χ3n) is 7.73. The normalized spacial score (nSPS) is 32.9. The van der Waals surface area contributed by atoms with E-state index in [9.17, 15) is 9.59 Å². The molecule has 32 heavy (non-hydrogen) atoms. The van der Waals surface area contributed by atoms with Crippen LogP contribution >= 0.6 is 11.3 Å². The van der Waals surface area contributed by atoms with E-state index in [1.54, 1.807) is 42.7 Å². The van der Waals surface area contributed by atoms with Crippen LogP contribution in [-0.2, 0) is 16.0 Å². The molecule has 0 radical (unpaired) electrons. The van der Waals surface area contributed by atoms with Gasteiger partial charge in [-0.2, -0.15) is 0 Å². The zero-order chi connectivity index (χ0) is 22.6. The van der Waals surface area contributed by atoms with Gasteiger partial charge in [0.25, 0.3) is 0 Å². The highest BCUT2D eigenvalue weighted by Crippen LogP contribution is 2.59. The van der Waals surface area contributed by atoms with E-state index in [0.29, 0.717) is 16.7 Å². The molecule has 2 fully saturated rings. The number of thiazole rings is 1. The Bertz CT molecular complexity index is 1050. The van der Waals surface area contributed by atoms with Crippen LogP contribution in [0.25, 0.3) is 0 Å². The van der Waals surface area contributed by atoms with Crippen molar-refractivity contribution in [3.63, 3.8) is 0 Å². The minimum atomic E-state index is -0.323. The number of nitrogens with zero attached hydrogens (tertiary/aromatic N) is 1. The molecule has 2 amide bonds. The van der Waals surface area contributed by atoms with Gasteiger partial charge in [-0.25, -0.2) is 9.78 Å². The summed E-state index contributed by atoms with van der Waals surface area (Å²) in [6, 6.07) is 6.85. The lowest BCUT2D eigenvalue weighted by atomic mass is 9.54. The number of ether oxygens (including phenoxy) is 2. The number of rotatable bonds is 3. The van der Waals surface area contributed by atoms with E-state index in [0.717, 1.165) is 30.7 Å². The third kappa shape index (κ3) is 3.45. The fourth-order valence-corrected chi connectivity index (χ4v) is 7.33. The molecule has 0 unspecified atom stereocenters. The molecule has 2 aliphatic carbocycles. The summed E-state index contributed by atoms with van der Waals surface area (Å²) in [7, 11) is 1.61. The van der Waals surface area contributed by atoms with E-state index in [1.807, 2.05) is 6.92 Å². The van der Waals surface area contributed by atoms with Crippen molar-refractivity contribution in [2.24, 2.45) is 23.2 Å². The summed E-state index contributed by atoms with van der Waals surface area (Å²) in [4.78, 5) is 30.8. The van der Waals surface area contributed by atoms with Crippen molar-refractivity contribution in [3.05, 3.63) is 34.8 Å². The number of fused-ring (bicyclic) bond motifs is 4. The predicted octanol–water partition coefficient (Wildman–Crippen LogP) is 5.05. The molecule has 1 saturated heterocycles. The maximum atomic E-state index is 12.5.